The van der Waals surface area contributed by atoms with Crippen molar-refractivity contribution in [3.05, 3.63) is 6.92 Å². The van der Waals surface area contributed by atoms with Crippen LogP contribution in [0.1, 0.15) is 13.8 Å². The van der Waals surface area contributed by atoms with Gasteiger partial charge in [-0.25, -0.2) is 0 Å². The summed E-state index contributed by atoms with van der Waals surface area (Å²) in [6.45, 7) is 6.57. The Labute approximate surface area is 52.5 Å². The standard InChI is InChI=1S/C2H5O.C2H5.Zn/c1-2-3;1-2;/h2H2,1H3;1H2,2H3;/q2*-1;+2. The Balaban J connectivity index is -0.0000000275. The first-order valence-electron chi connectivity index (χ1n) is 1.70. The molecular formula is C4H10OZn. The van der Waals surface area contributed by atoms with Gasteiger partial charge in [0.2, 0.25) is 0 Å². The molecule has 0 amide bonds. The van der Waals surface area contributed by atoms with Gasteiger partial charge >= 0.3 is 19.5 Å². The van der Waals surface area contributed by atoms with Gasteiger partial charge in [0.05, 0.1) is 0 Å². The summed E-state index contributed by atoms with van der Waals surface area (Å²) in [7, 11) is 0. The molecule has 0 aromatic rings. The van der Waals surface area contributed by atoms with E-state index in [-0.39, 0.29) is 26.1 Å². The minimum absolute atomic E-state index is 0. The largest absolute Gasteiger partial charge is 2.00 e. The van der Waals surface area contributed by atoms with Crippen molar-refractivity contribution in [1.82, 2.24) is 0 Å². The predicted octanol–water partition coefficient (Wildman–Crippen LogP) is 0.204. The van der Waals surface area contributed by atoms with E-state index in [1.165, 1.54) is 0 Å². The summed E-state index contributed by atoms with van der Waals surface area (Å²) >= 11 is 0. The zero-order valence-electron chi connectivity index (χ0n) is 4.53. The Morgan fingerprint density at radius 1 is 1.50 bits per heavy atom. The monoisotopic (exact) mass is 138 g/mol. The summed E-state index contributed by atoms with van der Waals surface area (Å²) in [5.74, 6) is 0. The molecule has 34 valence electrons. The summed E-state index contributed by atoms with van der Waals surface area (Å²) in [6, 6.07) is 0. The normalized spacial score (nSPS) is 4.00. The summed E-state index contributed by atoms with van der Waals surface area (Å²) in [5.41, 5.74) is 0. The van der Waals surface area contributed by atoms with Crippen LogP contribution in [0.3, 0.4) is 0 Å². The van der Waals surface area contributed by atoms with Crippen molar-refractivity contribution in [2.45, 2.75) is 13.8 Å². The van der Waals surface area contributed by atoms with Crippen molar-refractivity contribution in [2.24, 2.45) is 0 Å². The molecule has 0 spiro atoms. The van der Waals surface area contributed by atoms with E-state index in [1.807, 2.05) is 0 Å². The Kier molecular flexibility index (Phi) is 125. The molecule has 0 saturated carbocycles. The van der Waals surface area contributed by atoms with Crippen LogP contribution < -0.4 is 5.11 Å². The van der Waals surface area contributed by atoms with E-state index in [1.54, 1.807) is 13.8 Å². The zero-order valence-corrected chi connectivity index (χ0v) is 7.50. The molecule has 0 aliphatic rings. The number of hydrogen-bond donors (Lipinski definition) is 0. The number of hydrogen-bond acceptors (Lipinski definition) is 1. The van der Waals surface area contributed by atoms with Crippen molar-refractivity contribution < 1.29 is 24.6 Å². The van der Waals surface area contributed by atoms with E-state index in [2.05, 4.69) is 6.92 Å². The predicted molar refractivity (Wildman–Crippen MR) is 21.6 cm³/mol. The fourth-order valence-electron chi connectivity index (χ4n) is 0. The van der Waals surface area contributed by atoms with Gasteiger partial charge in [0, 0.05) is 0 Å². The Bertz CT molecular complexity index is 7.51. The van der Waals surface area contributed by atoms with Gasteiger partial charge in [-0.3, -0.25) is 0 Å². The van der Waals surface area contributed by atoms with Crippen LogP contribution in [0.15, 0.2) is 0 Å². The van der Waals surface area contributed by atoms with E-state index in [0.29, 0.717) is 0 Å². The molecular weight excluding hydrogens is 129 g/mol. The second-order valence-corrected chi connectivity index (χ2v) is 0.289. The van der Waals surface area contributed by atoms with Crippen molar-refractivity contribution >= 4 is 0 Å². The summed E-state index contributed by atoms with van der Waals surface area (Å²) in [6.07, 6.45) is 0. The van der Waals surface area contributed by atoms with E-state index in [0.717, 1.165) is 0 Å². The van der Waals surface area contributed by atoms with Crippen LogP contribution in [-0.4, -0.2) is 6.61 Å². The molecule has 0 atom stereocenters. The van der Waals surface area contributed by atoms with Crippen LogP contribution in [0.5, 0.6) is 0 Å². The third-order valence-corrected chi connectivity index (χ3v) is 0. The second-order valence-electron chi connectivity index (χ2n) is 0.289. The molecule has 0 heterocycles. The van der Waals surface area contributed by atoms with Crippen LogP contribution in [0.25, 0.3) is 0 Å². The maximum atomic E-state index is 8.93. The van der Waals surface area contributed by atoms with E-state index in [9.17, 15) is 0 Å². The SMILES string of the molecule is CC[O-].[CH2-]C.[Zn+2]. The van der Waals surface area contributed by atoms with Crippen LogP contribution in [0.4, 0.5) is 0 Å². The molecule has 0 N–H and O–H groups in total. The molecule has 2 heteroatoms. The van der Waals surface area contributed by atoms with Crippen molar-refractivity contribution in [3.8, 4) is 0 Å². The fraction of sp³-hybridized carbons (Fsp3) is 0.750. The molecule has 0 aromatic carbocycles. The zero-order chi connectivity index (χ0) is 4.71. The van der Waals surface area contributed by atoms with E-state index < -0.39 is 0 Å². The molecule has 0 aliphatic heterocycles. The van der Waals surface area contributed by atoms with Gasteiger partial charge < -0.3 is 12.0 Å². The van der Waals surface area contributed by atoms with Gasteiger partial charge in [-0.15, -0.1) is 6.61 Å². The first kappa shape index (κ1) is 16.0. The van der Waals surface area contributed by atoms with Crippen LogP contribution in [-0.2, 0) is 19.5 Å². The van der Waals surface area contributed by atoms with Gasteiger partial charge in [-0.1, -0.05) is 6.92 Å². The van der Waals surface area contributed by atoms with Crippen LogP contribution in [0.2, 0.25) is 0 Å². The molecule has 0 aliphatic carbocycles. The average molecular weight is 140 g/mol. The van der Waals surface area contributed by atoms with Crippen molar-refractivity contribution in [3.63, 3.8) is 0 Å². The Morgan fingerprint density at radius 3 is 1.50 bits per heavy atom. The molecule has 0 fully saturated rings. The molecule has 0 bridgehead atoms. The minimum atomic E-state index is 0. The maximum absolute atomic E-state index is 8.93. The average Bonchev–Trinajstić information content (AvgIpc) is 1.46. The van der Waals surface area contributed by atoms with Gasteiger partial charge in [-0.2, -0.15) is 6.92 Å². The topological polar surface area (TPSA) is 23.1 Å². The molecule has 6 heavy (non-hydrogen) atoms. The fourth-order valence-corrected chi connectivity index (χ4v) is 0. The maximum Gasteiger partial charge on any atom is 2.00 e. The smallest absolute Gasteiger partial charge is 0.855 e. The molecule has 0 radical (unpaired) electrons. The molecule has 0 aromatic heterocycles. The summed E-state index contributed by atoms with van der Waals surface area (Å²) < 4.78 is 0. The Hall–Kier alpha value is 0.583. The van der Waals surface area contributed by atoms with Gasteiger partial charge in [0.15, 0.2) is 0 Å². The third-order valence-electron chi connectivity index (χ3n) is 0. The molecule has 1 nitrogen and oxygen atoms in total. The minimum Gasteiger partial charge on any atom is -0.855 e. The quantitative estimate of drug-likeness (QED) is 0.347. The van der Waals surface area contributed by atoms with Crippen molar-refractivity contribution in [2.75, 3.05) is 6.61 Å². The second kappa shape index (κ2) is 46.8. The summed E-state index contributed by atoms with van der Waals surface area (Å²) in [4.78, 5) is 0. The molecule has 0 saturated heterocycles. The van der Waals surface area contributed by atoms with Gasteiger partial charge in [0.1, 0.15) is 0 Å². The number of rotatable bonds is 0. The van der Waals surface area contributed by atoms with E-state index >= 15 is 0 Å². The first-order chi connectivity index (χ1) is 2.41. The third kappa shape index (κ3) is 173. The molecule has 0 unspecified atom stereocenters. The Morgan fingerprint density at radius 2 is 1.50 bits per heavy atom. The van der Waals surface area contributed by atoms with Crippen molar-refractivity contribution in [1.29, 1.82) is 0 Å². The first-order valence-corrected chi connectivity index (χ1v) is 1.70. The van der Waals surface area contributed by atoms with Gasteiger partial charge in [-0.05, 0) is 0 Å². The van der Waals surface area contributed by atoms with E-state index in [4.69, 9.17) is 5.11 Å². The van der Waals surface area contributed by atoms with Crippen LogP contribution >= 0.6 is 0 Å². The summed E-state index contributed by atoms with van der Waals surface area (Å²) in [5, 5.41) is 8.93. The van der Waals surface area contributed by atoms with Crippen LogP contribution in [0, 0.1) is 6.92 Å². The van der Waals surface area contributed by atoms with Gasteiger partial charge in [0.25, 0.3) is 0 Å². The molecule has 0 rings (SSSR count).